The lowest BCUT2D eigenvalue weighted by Gasteiger charge is -1.93. The van der Waals surface area contributed by atoms with E-state index < -0.39 is 12.2 Å². The number of rotatable bonds is 2. The summed E-state index contributed by atoms with van der Waals surface area (Å²) in [7, 11) is 0. The first-order valence-electron chi connectivity index (χ1n) is 4.18. The number of alkyl halides is 2. The summed E-state index contributed by atoms with van der Waals surface area (Å²) in [5, 5.41) is 1.14. The van der Waals surface area contributed by atoms with E-state index in [-0.39, 0.29) is 5.69 Å². The summed E-state index contributed by atoms with van der Waals surface area (Å²) < 4.78 is 24.3. The molecule has 1 aromatic carbocycles. The number of fused-ring (bicyclic) bond motifs is 1. The predicted molar refractivity (Wildman–Crippen MR) is 53.6 cm³/mol. The number of benzene rings is 1. The predicted octanol–water partition coefficient (Wildman–Crippen LogP) is 3.27. The largest absolute Gasteiger partial charge is 0.352 e. The van der Waals surface area contributed by atoms with E-state index in [1.165, 1.54) is 6.07 Å². The molecule has 0 unspecified atom stereocenters. The van der Waals surface area contributed by atoms with Gasteiger partial charge in [0.15, 0.2) is 0 Å². The van der Waals surface area contributed by atoms with E-state index in [1.54, 1.807) is 18.2 Å². The van der Waals surface area contributed by atoms with Gasteiger partial charge in [-0.3, -0.25) is 4.79 Å². The zero-order chi connectivity index (χ0) is 11.0. The van der Waals surface area contributed by atoms with Crippen LogP contribution < -0.4 is 0 Å². The van der Waals surface area contributed by atoms with Crippen molar-refractivity contribution in [2.45, 2.75) is 6.43 Å². The second-order valence-corrected chi connectivity index (χ2v) is 3.52. The van der Waals surface area contributed by atoms with E-state index in [4.69, 9.17) is 11.6 Å². The van der Waals surface area contributed by atoms with Crippen LogP contribution in [-0.2, 0) is 0 Å². The lowest BCUT2D eigenvalue weighted by molar-refractivity contribution is 0.0674. The fourth-order valence-electron chi connectivity index (χ4n) is 1.35. The van der Waals surface area contributed by atoms with Crippen molar-refractivity contribution in [2.24, 2.45) is 0 Å². The summed E-state index contributed by atoms with van der Waals surface area (Å²) in [6.45, 7) is 0. The molecule has 0 saturated carbocycles. The number of carbonyl (C=O) groups excluding carboxylic acids is 1. The van der Waals surface area contributed by atoms with Gasteiger partial charge >= 0.3 is 6.43 Å². The molecule has 1 heterocycles. The van der Waals surface area contributed by atoms with Crippen LogP contribution in [0.15, 0.2) is 24.3 Å². The topological polar surface area (TPSA) is 32.9 Å². The summed E-state index contributed by atoms with van der Waals surface area (Å²) in [5.74, 6) is -1.21. The molecule has 1 N–H and O–H groups in total. The molecule has 15 heavy (non-hydrogen) atoms. The third-order valence-corrected chi connectivity index (χ3v) is 2.28. The van der Waals surface area contributed by atoms with Crippen LogP contribution in [0.1, 0.15) is 10.5 Å². The van der Waals surface area contributed by atoms with Gasteiger partial charge < -0.3 is 4.98 Å². The molecule has 0 amide bonds. The molecule has 2 rings (SSSR count). The van der Waals surface area contributed by atoms with Crippen molar-refractivity contribution in [3.63, 3.8) is 0 Å². The highest BCUT2D eigenvalue weighted by atomic mass is 35.5. The second-order valence-electron chi connectivity index (χ2n) is 3.08. The van der Waals surface area contributed by atoms with E-state index in [1.807, 2.05) is 0 Å². The second kappa shape index (κ2) is 3.62. The number of aromatic nitrogens is 1. The van der Waals surface area contributed by atoms with Crippen LogP contribution in [0.5, 0.6) is 0 Å². The monoisotopic (exact) mass is 229 g/mol. The van der Waals surface area contributed by atoms with E-state index in [0.717, 1.165) is 0 Å². The van der Waals surface area contributed by atoms with Crippen LogP contribution in [0.25, 0.3) is 10.9 Å². The molecular weight excluding hydrogens is 224 g/mol. The van der Waals surface area contributed by atoms with Crippen LogP contribution in [-0.4, -0.2) is 17.2 Å². The van der Waals surface area contributed by atoms with Gasteiger partial charge in [0.1, 0.15) is 0 Å². The fraction of sp³-hybridized carbons (Fsp3) is 0.100. The minimum Gasteiger partial charge on any atom is -0.352 e. The standard InChI is InChI=1S/C10H6ClF2NO/c11-6-1-2-7-5(3-6)4-8(14-7)9(15)10(12)13/h1-4,10,14H. The smallest absolute Gasteiger partial charge is 0.302 e. The zero-order valence-electron chi connectivity index (χ0n) is 7.43. The first kappa shape index (κ1) is 10.1. The Morgan fingerprint density at radius 2 is 2.07 bits per heavy atom. The van der Waals surface area contributed by atoms with Gasteiger partial charge in [-0.15, -0.1) is 0 Å². The Balaban J connectivity index is 2.52. The van der Waals surface area contributed by atoms with Crippen molar-refractivity contribution < 1.29 is 13.6 Å². The normalized spacial score (nSPS) is 11.2. The minimum atomic E-state index is -2.99. The molecule has 2 aromatic rings. The molecule has 0 bridgehead atoms. The van der Waals surface area contributed by atoms with E-state index in [9.17, 15) is 13.6 Å². The number of carbonyl (C=O) groups is 1. The van der Waals surface area contributed by atoms with E-state index in [2.05, 4.69) is 4.98 Å². The molecule has 0 fully saturated rings. The number of halogens is 3. The number of hydrogen-bond acceptors (Lipinski definition) is 1. The third-order valence-electron chi connectivity index (χ3n) is 2.05. The van der Waals surface area contributed by atoms with E-state index in [0.29, 0.717) is 15.9 Å². The van der Waals surface area contributed by atoms with Gasteiger partial charge in [0, 0.05) is 15.9 Å². The molecule has 1 aromatic heterocycles. The summed E-state index contributed by atoms with van der Waals surface area (Å²) in [5.41, 5.74) is 0.519. The van der Waals surface area contributed by atoms with Gasteiger partial charge in [-0.1, -0.05) is 11.6 Å². The quantitative estimate of drug-likeness (QED) is 0.788. The van der Waals surface area contributed by atoms with Gasteiger partial charge in [-0.05, 0) is 24.3 Å². The summed E-state index contributed by atoms with van der Waals surface area (Å²) in [6.07, 6.45) is -2.99. The molecular formula is C10H6ClF2NO. The molecule has 0 aliphatic heterocycles. The Bertz CT molecular complexity index is 521. The maximum Gasteiger partial charge on any atom is 0.302 e. The number of nitrogens with one attached hydrogen (secondary N) is 1. The Morgan fingerprint density at radius 1 is 1.33 bits per heavy atom. The molecule has 0 aliphatic carbocycles. The first-order valence-corrected chi connectivity index (χ1v) is 4.56. The van der Waals surface area contributed by atoms with Crippen LogP contribution in [0, 0.1) is 0 Å². The number of aromatic amines is 1. The van der Waals surface area contributed by atoms with Crippen LogP contribution in [0.3, 0.4) is 0 Å². The third kappa shape index (κ3) is 1.85. The van der Waals surface area contributed by atoms with Gasteiger partial charge in [0.05, 0.1) is 5.69 Å². The maximum atomic E-state index is 12.1. The number of H-pyrrole nitrogens is 1. The molecule has 0 spiro atoms. The van der Waals surface area contributed by atoms with Crippen LogP contribution in [0.2, 0.25) is 5.02 Å². The van der Waals surface area contributed by atoms with Crippen molar-refractivity contribution >= 4 is 28.3 Å². The van der Waals surface area contributed by atoms with Crippen molar-refractivity contribution in [3.8, 4) is 0 Å². The van der Waals surface area contributed by atoms with Crippen molar-refractivity contribution in [1.29, 1.82) is 0 Å². The average molecular weight is 230 g/mol. The summed E-state index contributed by atoms with van der Waals surface area (Å²) in [6, 6.07) is 6.24. The summed E-state index contributed by atoms with van der Waals surface area (Å²) >= 11 is 5.72. The van der Waals surface area contributed by atoms with Gasteiger partial charge in [-0.2, -0.15) is 0 Å². The lowest BCUT2D eigenvalue weighted by atomic mass is 10.2. The lowest BCUT2D eigenvalue weighted by Crippen LogP contribution is -2.10. The SMILES string of the molecule is O=C(c1cc2cc(Cl)ccc2[nH]1)C(F)F. The van der Waals surface area contributed by atoms with Crippen LogP contribution in [0.4, 0.5) is 8.78 Å². The molecule has 0 radical (unpaired) electrons. The van der Waals surface area contributed by atoms with Gasteiger partial charge in [0.2, 0.25) is 5.78 Å². The number of hydrogen-bond donors (Lipinski definition) is 1. The summed E-state index contributed by atoms with van der Waals surface area (Å²) in [4.78, 5) is 13.6. The highest BCUT2D eigenvalue weighted by Crippen LogP contribution is 2.21. The van der Waals surface area contributed by atoms with Crippen molar-refractivity contribution in [3.05, 3.63) is 35.0 Å². The zero-order valence-corrected chi connectivity index (χ0v) is 8.18. The van der Waals surface area contributed by atoms with Gasteiger partial charge in [-0.25, -0.2) is 8.78 Å². The molecule has 78 valence electrons. The number of Topliss-reactive ketones (excluding diaryl/α,β-unsaturated/α-hetero) is 1. The highest BCUT2D eigenvalue weighted by molar-refractivity contribution is 6.31. The van der Waals surface area contributed by atoms with Crippen LogP contribution >= 0.6 is 11.6 Å². The minimum absolute atomic E-state index is 0.0951. The Morgan fingerprint density at radius 3 is 2.73 bits per heavy atom. The Labute approximate surface area is 88.8 Å². The Hall–Kier alpha value is -1.42. The first-order chi connectivity index (χ1) is 7.08. The molecule has 5 heteroatoms. The highest BCUT2D eigenvalue weighted by Gasteiger charge is 2.19. The molecule has 0 saturated heterocycles. The van der Waals surface area contributed by atoms with E-state index >= 15 is 0 Å². The maximum absolute atomic E-state index is 12.1. The van der Waals surface area contributed by atoms with Gasteiger partial charge in [0.25, 0.3) is 0 Å². The number of ketones is 1. The fourth-order valence-corrected chi connectivity index (χ4v) is 1.53. The molecule has 0 atom stereocenters. The average Bonchev–Trinajstić information content (AvgIpc) is 2.58. The molecule has 0 aliphatic rings. The molecule has 2 nitrogen and oxygen atoms in total. The Kier molecular flexibility index (Phi) is 2.44. The van der Waals surface area contributed by atoms with Crippen molar-refractivity contribution in [2.75, 3.05) is 0 Å². The van der Waals surface area contributed by atoms with Crippen molar-refractivity contribution in [1.82, 2.24) is 4.98 Å².